The van der Waals surface area contributed by atoms with Crippen LogP contribution in [0.1, 0.15) is 33.9 Å². The lowest BCUT2D eigenvalue weighted by molar-refractivity contribution is 0.0939. The van der Waals surface area contributed by atoms with Crippen molar-refractivity contribution in [3.63, 3.8) is 0 Å². The maximum absolute atomic E-state index is 12.2. The lowest BCUT2D eigenvalue weighted by Crippen LogP contribution is -2.27. The van der Waals surface area contributed by atoms with Crippen molar-refractivity contribution in [1.82, 2.24) is 10.3 Å². The highest BCUT2D eigenvalue weighted by atomic mass is 79.9. The molecule has 1 N–H and O–H groups in total. The van der Waals surface area contributed by atoms with E-state index in [1.54, 1.807) is 17.5 Å². The molecule has 0 radical (unpaired) electrons. The van der Waals surface area contributed by atoms with Crippen LogP contribution in [-0.4, -0.2) is 10.9 Å². The zero-order valence-electron chi connectivity index (χ0n) is 10.1. The van der Waals surface area contributed by atoms with Gasteiger partial charge < -0.3 is 5.32 Å². The molecule has 1 amide bonds. The first-order valence-electron chi connectivity index (χ1n) is 5.55. The van der Waals surface area contributed by atoms with Crippen molar-refractivity contribution in [1.29, 1.82) is 0 Å². The van der Waals surface area contributed by atoms with Gasteiger partial charge in [-0.3, -0.25) is 4.79 Å². The molecule has 0 bridgehead atoms. The van der Waals surface area contributed by atoms with Crippen LogP contribution < -0.4 is 5.32 Å². The van der Waals surface area contributed by atoms with E-state index in [-0.39, 0.29) is 11.9 Å². The number of rotatable bonds is 3. The highest BCUT2D eigenvalue weighted by Crippen LogP contribution is 2.21. The summed E-state index contributed by atoms with van der Waals surface area (Å²) < 4.78 is 0.942. The summed E-state index contributed by atoms with van der Waals surface area (Å²) in [4.78, 5) is 16.4. The Hall–Kier alpha value is -1.20. The molecule has 1 heterocycles. The number of thiazole rings is 1. The lowest BCUT2D eigenvalue weighted by Gasteiger charge is -2.13. The average Bonchev–Trinajstić information content (AvgIpc) is 2.86. The Morgan fingerprint density at radius 3 is 2.94 bits per heavy atom. The molecular weight excluding hydrogens is 312 g/mol. The van der Waals surface area contributed by atoms with E-state index >= 15 is 0 Å². The molecule has 0 aliphatic carbocycles. The van der Waals surface area contributed by atoms with Gasteiger partial charge in [-0.05, 0) is 31.5 Å². The molecular formula is C13H13BrN2OS. The van der Waals surface area contributed by atoms with Crippen LogP contribution >= 0.6 is 27.3 Å². The minimum atomic E-state index is -0.0733. The van der Waals surface area contributed by atoms with Gasteiger partial charge in [0.1, 0.15) is 5.01 Å². The summed E-state index contributed by atoms with van der Waals surface area (Å²) in [6, 6.07) is 5.54. The number of nitrogens with zero attached hydrogens (tertiary/aromatic N) is 1. The number of benzene rings is 1. The van der Waals surface area contributed by atoms with Crippen LogP contribution in [0.25, 0.3) is 0 Å². The number of carbonyl (C=O) groups excluding carboxylic acids is 1. The number of hydrogen-bond acceptors (Lipinski definition) is 3. The third kappa shape index (κ3) is 2.79. The van der Waals surface area contributed by atoms with Gasteiger partial charge in [-0.2, -0.15) is 0 Å². The van der Waals surface area contributed by atoms with Crippen molar-refractivity contribution >= 4 is 33.2 Å². The Kier molecular flexibility index (Phi) is 4.14. The molecule has 3 nitrogen and oxygen atoms in total. The van der Waals surface area contributed by atoms with E-state index in [4.69, 9.17) is 0 Å². The molecule has 94 valence electrons. The predicted molar refractivity (Wildman–Crippen MR) is 76.9 cm³/mol. The summed E-state index contributed by atoms with van der Waals surface area (Å²) in [5.41, 5.74) is 1.63. The molecule has 0 spiro atoms. The SMILES string of the molecule is Cc1c(Br)cccc1C(=O)NC(C)c1nccs1. The topological polar surface area (TPSA) is 42.0 Å². The van der Waals surface area contributed by atoms with Gasteiger partial charge in [0.15, 0.2) is 0 Å². The predicted octanol–water partition coefficient (Wildman–Crippen LogP) is 3.71. The maximum atomic E-state index is 12.2. The van der Waals surface area contributed by atoms with Crippen LogP contribution in [0, 0.1) is 6.92 Å². The number of nitrogens with one attached hydrogen (secondary N) is 1. The van der Waals surface area contributed by atoms with Crippen LogP contribution in [0.3, 0.4) is 0 Å². The fourth-order valence-electron chi connectivity index (χ4n) is 1.64. The Labute approximate surface area is 118 Å². The standard InChI is InChI=1S/C13H13BrN2OS/c1-8-10(4-3-5-11(8)14)12(17)16-9(2)13-15-6-7-18-13/h3-7,9H,1-2H3,(H,16,17). The quantitative estimate of drug-likeness (QED) is 0.935. The zero-order valence-corrected chi connectivity index (χ0v) is 12.5. The highest BCUT2D eigenvalue weighted by Gasteiger charge is 2.15. The Balaban J connectivity index is 2.15. The maximum Gasteiger partial charge on any atom is 0.252 e. The number of aromatic nitrogens is 1. The molecule has 5 heteroatoms. The fraction of sp³-hybridized carbons (Fsp3) is 0.231. The van der Waals surface area contributed by atoms with Gasteiger partial charge in [-0.15, -0.1) is 11.3 Å². The number of halogens is 1. The Morgan fingerprint density at radius 2 is 2.28 bits per heavy atom. The minimum Gasteiger partial charge on any atom is -0.343 e. The van der Waals surface area contributed by atoms with Crippen LogP contribution in [0.5, 0.6) is 0 Å². The summed E-state index contributed by atoms with van der Waals surface area (Å²) in [5.74, 6) is -0.0727. The number of carbonyl (C=O) groups is 1. The number of hydrogen-bond donors (Lipinski definition) is 1. The summed E-state index contributed by atoms with van der Waals surface area (Å²) >= 11 is 4.97. The third-order valence-electron chi connectivity index (χ3n) is 2.68. The van der Waals surface area contributed by atoms with E-state index in [0.29, 0.717) is 5.56 Å². The van der Waals surface area contributed by atoms with Crippen molar-refractivity contribution in [3.05, 3.63) is 50.4 Å². The number of amides is 1. The van der Waals surface area contributed by atoms with Gasteiger partial charge in [0.05, 0.1) is 6.04 Å². The molecule has 0 saturated heterocycles. The van der Waals surface area contributed by atoms with Crippen molar-refractivity contribution in [2.45, 2.75) is 19.9 Å². The summed E-state index contributed by atoms with van der Waals surface area (Å²) in [6.07, 6.45) is 1.74. The van der Waals surface area contributed by atoms with Crippen LogP contribution in [-0.2, 0) is 0 Å². The molecule has 18 heavy (non-hydrogen) atoms. The van der Waals surface area contributed by atoms with Crippen molar-refractivity contribution in [2.24, 2.45) is 0 Å². The second kappa shape index (κ2) is 5.63. The summed E-state index contributed by atoms with van der Waals surface area (Å²) in [5, 5.41) is 5.77. The third-order valence-corrected chi connectivity index (χ3v) is 4.50. The van der Waals surface area contributed by atoms with Gasteiger partial charge in [-0.1, -0.05) is 22.0 Å². The molecule has 0 aliphatic heterocycles. The van der Waals surface area contributed by atoms with E-state index in [1.807, 2.05) is 37.4 Å². The first-order valence-corrected chi connectivity index (χ1v) is 7.22. The van der Waals surface area contributed by atoms with Crippen LogP contribution in [0.2, 0.25) is 0 Å². The van der Waals surface area contributed by atoms with Gasteiger partial charge in [-0.25, -0.2) is 4.98 Å². The van der Waals surface area contributed by atoms with Crippen molar-refractivity contribution in [2.75, 3.05) is 0 Å². The fourth-order valence-corrected chi connectivity index (χ4v) is 2.65. The van der Waals surface area contributed by atoms with Crippen molar-refractivity contribution in [3.8, 4) is 0 Å². The van der Waals surface area contributed by atoms with Gasteiger partial charge in [0.2, 0.25) is 0 Å². The normalized spacial score (nSPS) is 12.2. The minimum absolute atomic E-state index is 0.0727. The van der Waals surface area contributed by atoms with E-state index < -0.39 is 0 Å². The zero-order chi connectivity index (χ0) is 13.1. The summed E-state index contributed by atoms with van der Waals surface area (Å²) in [7, 11) is 0. The average molecular weight is 325 g/mol. The van der Waals surface area contributed by atoms with Crippen LogP contribution in [0.15, 0.2) is 34.2 Å². The second-order valence-electron chi connectivity index (χ2n) is 3.98. The smallest absolute Gasteiger partial charge is 0.252 e. The van der Waals surface area contributed by atoms with Crippen LogP contribution in [0.4, 0.5) is 0 Å². The Bertz CT molecular complexity index is 554. The van der Waals surface area contributed by atoms with Crippen molar-refractivity contribution < 1.29 is 4.79 Å². The molecule has 2 rings (SSSR count). The molecule has 1 aromatic heterocycles. The molecule has 0 aliphatic rings. The first-order chi connectivity index (χ1) is 8.59. The first kappa shape index (κ1) is 13.2. The van der Waals surface area contributed by atoms with Gasteiger partial charge in [0, 0.05) is 21.6 Å². The second-order valence-corrected chi connectivity index (χ2v) is 5.76. The lowest BCUT2D eigenvalue weighted by atomic mass is 10.1. The van der Waals surface area contributed by atoms with E-state index in [1.165, 1.54) is 0 Å². The summed E-state index contributed by atoms with van der Waals surface area (Å²) in [6.45, 7) is 3.86. The highest BCUT2D eigenvalue weighted by molar-refractivity contribution is 9.10. The van der Waals surface area contributed by atoms with E-state index in [2.05, 4.69) is 26.2 Å². The Morgan fingerprint density at radius 1 is 1.50 bits per heavy atom. The van der Waals surface area contributed by atoms with E-state index in [0.717, 1.165) is 15.0 Å². The van der Waals surface area contributed by atoms with Gasteiger partial charge in [0.25, 0.3) is 5.91 Å². The molecule has 1 aromatic carbocycles. The van der Waals surface area contributed by atoms with Gasteiger partial charge >= 0.3 is 0 Å². The molecule has 1 unspecified atom stereocenters. The molecule has 0 saturated carbocycles. The monoisotopic (exact) mass is 324 g/mol. The molecule has 1 atom stereocenters. The largest absolute Gasteiger partial charge is 0.343 e. The molecule has 2 aromatic rings. The van der Waals surface area contributed by atoms with E-state index in [9.17, 15) is 4.79 Å². The molecule has 0 fully saturated rings.